The van der Waals surface area contributed by atoms with Crippen LogP contribution < -0.4 is 19.5 Å². The Balaban J connectivity index is 1.55. The summed E-state index contributed by atoms with van der Waals surface area (Å²) in [5, 5.41) is 4.16. The molecule has 7 heteroatoms. The molecule has 1 aromatic heterocycles. The highest BCUT2D eigenvalue weighted by Crippen LogP contribution is 2.36. The van der Waals surface area contributed by atoms with Crippen molar-refractivity contribution in [3.05, 3.63) is 96.6 Å². The number of carbonyl (C=O) groups is 1. The lowest BCUT2D eigenvalue weighted by Crippen LogP contribution is -2.01. The summed E-state index contributed by atoms with van der Waals surface area (Å²) in [7, 11) is 3.17. The fraction of sp³-hybridized carbons (Fsp3) is 0.100. The van der Waals surface area contributed by atoms with Gasteiger partial charge < -0.3 is 19.5 Å². The third kappa shape index (κ3) is 5.21. The van der Waals surface area contributed by atoms with E-state index in [0.717, 1.165) is 28.1 Å². The summed E-state index contributed by atoms with van der Waals surface area (Å²) in [6, 6.07) is 28.2. The molecule has 0 aliphatic rings. The minimum atomic E-state index is -0.0230. The maximum Gasteiger partial charge on any atom is 0.162 e. The second-order valence-corrected chi connectivity index (χ2v) is 8.32. The Morgan fingerprint density at radius 1 is 0.757 bits per heavy atom. The van der Waals surface area contributed by atoms with E-state index in [4.69, 9.17) is 24.2 Å². The lowest BCUT2D eigenvalue weighted by molar-refractivity contribution is 0.101. The van der Waals surface area contributed by atoms with E-state index in [1.165, 1.54) is 6.92 Å². The minimum Gasteiger partial charge on any atom is -0.493 e. The van der Waals surface area contributed by atoms with E-state index in [2.05, 4.69) is 5.32 Å². The number of hydrogen-bond donors (Lipinski definition) is 1. The van der Waals surface area contributed by atoms with E-state index < -0.39 is 0 Å². The van der Waals surface area contributed by atoms with Crippen molar-refractivity contribution in [3.8, 4) is 34.4 Å². The normalized spacial score (nSPS) is 10.7. The van der Waals surface area contributed by atoms with Crippen LogP contribution in [-0.4, -0.2) is 30.0 Å². The van der Waals surface area contributed by atoms with Crippen molar-refractivity contribution in [3.63, 3.8) is 0 Å². The van der Waals surface area contributed by atoms with Crippen LogP contribution in [0.5, 0.6) is 23.0 Å². The molecule has 0 saturated carbocycles. The number of rotatable bonds is 8. The number of carbonyl (C=O) groups excluding carboxylic acids is 1. The third-order valence-electron chi connectivity index (χ3n) is 5.82. The van der Waals surface area contributed by atoms with Crippen LogP contribution in [-0.2, 0) is 0 Å². The first-order valence-corrected chi connectivity index (χ1v) is 11.7. The lowest BCUT2D eigenvalue weighted by atomic mass is 10.1. The fourth-order valence-electron chi connectivity index (χ4n) is 3.92. The van der Waals surface area contributed by atoms with Crippen molar-refractivity contribution < 1.29 is 19.0 Å². The van der Waals surface area contributed by atoms with Crippen LogP contribution in [0.1, 0.15) is 17.3 Å². The monoisotopic (exact) mass is 491 g/mol. The molecule has 5 aromatic rings. The van der Waals surface area contributed by atoms with Gasteiger partial charge >= 0.3 is 0 Å². The number of ether oxygens (including phenoxy) is 3. The minimum absolute atomic E-state index is 0.0230. The Bertz CT molecular complexity index is 1570. The third-order valence-corrected chi connectivity index (χ3v) is 5.82. The van der Waals surface area contributed by atoms with Crippen LogP contribution in [0, 0.1) is 0 Å². The first kappa shape index (κ1) is 23.8. The number of ketones is 1. The van der Waals surface area contributed by atoms with Crippen LogP contribution >= 0.6 is 0 Å². The molecule has 0 atom stereocenters. The van der Waals surface area contributed by atoms with Crippen LogP contribution in [0.3, 0.4) is 0 Å². The lowest BCUT2D eigenvalue weighted by Gasteiger charge is -2.14. The van der Waals surface area contributed by atoms with Crippen LogP contribution in [0.2, 0.25) is 0 Å². The number of methoxy groups -OCH3 is 2. The summed E-state index contributed by atoms with van der Waals surface area (Å²) in [5.74, 6) is 3.66. The van der Waals surface area contributed by atoms with Gasteiger partial charge in [0.1, 0.15) is 17.3 Å². The molecule has 0 bridgehead atoms. The molecule has 0 amide bonds. The summed E-state index contributed by atoms with van der Waals surface area (Å²) in [5.41, 5.74) is 2.82. The van der Waals surface area contributed by atoms with E-state index in [1.54, 1.807) is 26.4 Å². The van der Waals surface area contributed by atoms with E-state index >= 15 is 0 Å². The standard InChI is InChI=1S/C30H25N3O4/c1-19(34)20-8-7-9-21(16-20)29-32-26-18-28(36-3)27(35-2)17-25(26)30(33-29)31-22-12-14-24(15-13-22)37-23-10-5-4-6-11-23/h4-18H,1-3H3,(H,31,32,33). The van der Waals surface area contributed by atoms with Crippen molar-refractivity contribution in [2.24, 2.45) is 0 Å². The maximum absolute atomic E-state index is 12.0. The molecule has 0 unspecified atom stereocenters. The number of para-hydroxylation sites is 1. The van der Waals surface area contributed by atoms with E-state index in [0.29, 0.717) is 34.2 Å². The number of Topliss-reactive ketones (excluding diaryl/α,β-unsaturated/α-hetero) is 1. The van der Waals surface area contributed by atoms with Gasteiger partial charge in [-0.3, -0.25) is 4.79 Å². The zero-order valence-electron chi connectivity index (χ0n) is 20.7. The Morgan fingerprint density at radius 3 is 2.16 bits per heavy atom. The van der Waals surface area contributed by atoms with Crippen molar-refractivity contribution in [2.45, 2.75) is 6.92 Å². The molecule has 5 rings (SSSR count). The highest BCUT2D eigenvalue weighted by molar-refractivity contribution is 5.96. The van der Waals surface area contributed by atoms with Gasteiger partial charge in [-0.15, -0.1) is 0 Å². The Hall–Kier alpha value is -4.91. The van der Waals surface area contributed by atoms with Gasteiger partial charge in [0.15, 0.2) is 23.1 Å². The number of nitrogens with zero attached hydrogens (tertiary/aromatic N) is 2. The number of fused-ring (bicyclic) bond motifs is 1. The summed E-state index contributed by atoms with van der Waals surface area (Å²) in [6.45, 7) is 1.54. The molecule has 1 heterocycles. The predicted octanol–water partition coefficient (Wildman–Crippen LogP) is 7.05. The van der Waals surface area contributed by atoms with Crippen molar-refractivity contribution in [1.82, 2.24) is 9.97 Å². The first-order valence-electron chi connectivity index (χ1n) is 11.7. The summed E-state index contributed by atoms with van der Waals surface area (Å²) >= 11 is 0. The molecule has 4 aromatic carbocycles. The Kier molecular flexibility index (Phi) is 6.68. The molecule has 0 spiro atoms. The molecule has 0 saturated heterocycles. The molecule has 37 heavy (non-hydrogen) atoms. The van der Waals surface area contributed by atoms with Gasteiger partial charge in [0.05, 0.1) is 19.7 Å². The summed E-state index contributed by atoms with van der Waals surface area (Å²) in [6.07, 6.45) is 0. The van der Waals surface area contributed by atoms with Crippen LogP contribution in [0.4, 0.5) is 11.5 Å². The average molecular weight is 492 g/mol. The SMILES string of the molecule is COc1cc2nc(-c3cccc(C(C)=O)c3)nc(Nc3ccc(Oc4ccccc4)cc3)c2cc1OC. The smallest absolute Gasteiger partial charge is 0.162 e. The number of anilines is 2. The molecule has 0 fully saturated rings. The van der Waals surface area contributed by atoms with Crippen LogP contribution in [0.25, 0.3) is 22.3 Å². The summed E-state index contributed by atoms with van der Waals surface area (Å²) in [4.78, 5) is 21.6. The molecular formula is C30H25N3O4. The fourth-order valence-corrected chi connectivity index (χ4v) is 3.92. The number of nitrogens with one attached hydrogen (secondary N) is 1. The van der Waals surface area contributed by atoms with Gasteiger partial charge in [-0.2, -0.15) is 0 Å². The molecule has 0 radical (unpaired) electrons. The molecule has 0 aliphatic heterocycles. The van der Waals surface area contributed by atoms with Crippen LogP contribution in [0.15, 0.2) is 91.0 Å². The predicted molar refractivity (Wildman–Crippen MR) is 144 cm³/mol. The van der Waals surface area contributed by atoms with Gasteiger partial charge in [0.2, 0.25) is 0 Å². The van der Waals surface area contributed by atoms with Gasteiger partial charge in [-0.25, -0.2) is 9.97 Å². The zero-order chi connectivity index (χ0) is 25.8. The Labute approximate surface area is 214 Å². The van der Waals surface area contributed by atoms with Crippen molar-refractivity contribution >= 4 is 28.2 Å². The Morgan fingerprint density at radius 2 is 1.46 bits per heavy atom. The highest BCUT2D eigenvalue weighted by atomic mass is 16.5. The van der Waals surface area contributed by atoms with Gasteiger partial charge in [-0.1, -0.05) is 36.4 Å². The second kappa shape index (κ2) is 10.4. The molecule has 184 valence electrons. The highest BCUT2D eigenvalue weighted by Gasteiger charge is 2.15. The van der Waals surface area contributed by atoms with E-state index in [1.807, 2.05) is 78.9 Å². The number of benzene rings is 4. The van der Waals surface area contributed by atoms with Crippen molar-refractivity contribution in [2.75, 3.05) is 19.5 Å². The first-order chi connectivity index (χ1) is 18.0. The number of hydrogen-bond acceptors (Lipinski definition) is 7. The van der Waals surface area contributed by atoms with E-state index in [-0.39, 0.29) is 5.78 Å². The summed E-state index contributed by atoms with van der Waals surface area (Å²) < 4.78 is 16.9. The van der Waals surface area contributed by atoms with Gasteiger partial charge in [-0.05, 0) is 55.5 Å². The molecular weight excluding hydrogens is 466 g/mol. The topological polar surface area (TPSA) is 82.6 Å². The quantitative estimate of drug-likeness (QED) is 0.233. The van der Waals surface area contributed by atoms with E-state index in [9.17, 15) is 4.79 Å². The average Bonchev–Trinajstić information content (AvgIpc) is 2.94. The maximum atomic E-state index is 12.0. The zero-order valence-corrected chi connectivity index (χ0v) is 20.7. The van der Waals surface area contributed by atoms with Gasteiger partial charge in [0.25, 0.3) is 0 Å². The molecule has 1 N–H and O–H groups in total. The largest absolute Gasteiger partial charge is 0.493 e. The second-order valence-electron chi connectivity index (χ2n) is 8.32. The molecule has 7 nitrogen and oxygen atoms in total. The number of aromatic nitrogens is 2. The molecule has 0 aliphatic carbocycles. The van der Waals surface area contributed by atoms with Crippen molar-refractivity contribution in [1.29, 1.82) is 0 Å². The van der Waals surface area contributed by atoms with Gasteiger partial charge in [0, 0.05) is 28.3 Å².